The lowest BCUT2D eigenvalue weighted by Crippen LogP contribution is -2.00. The predicted molar refractivity (Wildman–Crippen MR) is 51.5 cm³/mol. The summed E-state index contributed by atoms with van der Waals surface area (Å²) in [5, 5.41) is 13.3. The number of nitriles is 1. The lowest BCUT2D eigenvalue weighted by Gasteiger charge is -1.96. The van der Waals surface area contributed by atoms with Gasteiger partial charge in [0.25, 0.3) is 0 Å². The molecule has 1 heterocycles. The van der Waals surface area contributed by atoms with E-state index >= 15 is 0 Å². The van der Waals surface area contributed by atoms with Gasteiger partial charge in [-0.2, -0.15) is 10.4 Å². The van der Waals surface area contributed by atoms with E-state index in [1.165, 1.54) is 0 Å². The van der Waals surface area contributed by atoms with Crippen LogP contribution in [0.15, 0.2) is 6.07 Å². The molecule has 1 aromatic rings. The number of rotatable bonds is 4. The molecule has 0 atom stereocenters. The molecular formula is C9H12ClN3. The van der Waals surface area contributed by atoms with Crippen molar-refractivity contribution in [3.8, 4) is 6.07 Å². The molecule has 1 rings (SSSR count). The van der Waals surface area contributed by atoms with Crippen molar-refractivity contribution in [1.82, 2.24) is 9.78 Å². The van der Waals surface area contributed by atoms with Gasteiger partial charge in [-0.15, -0.1) is 0 Å². The standard InChI is InChI=1S/C9H12ClN3/c1-2-4-8-7-9(10)13(12-8)6-3-5-11/h7H,2-4,6H2,1H3. The third-order valence-corrected chi connectivity index (χ3v) is 2.03. The smallest absolute Gasteiger partial charge is 0.127 e. The molecule has 0 saturated carbocycles. The Morgan fingerprint density at radius 1 is 1.69 bits per heavy atom. The monoisotopic (exact) mass is 197 g/mol. The Kier molecular flexibility index (Phi) is 3.78. The number of aryl methyl sites for hydroxylation is 2. The van der Waals surface area contributed by atoms with Gasteiger partial charge in [-0.3, -0.25) is 4.68 Å². The Morgan fingerprint density at radius 3 is 3.08 bits per heavy atom. The normalized spacial score (nSPS) is 9.92. The third kappa shape index (κ3) is 2.74. The van der Waals surface area contributed by atoms with Crippen LogP contribution >= 0.6 is 11.6 Å². The van der Waals surface area contributed by atoms with Crippen LogP contribution in [0, 0.1) is 11.3 Å². The molecule has 0 aromatic carbocycles. The molecule has 3 nitrogen and oxygen atoms in total. The first-order valence-electron chi connectivity index (χ1n) is 4.37. The summed E-state index contributed by atoms with van der Waals surface area (Å²) < 4.78 is 1.68. The summed E-state index contributed by atoms with van der Waals surface area (Å²) in [5.41, 5.74) is 1.01. The predicted octanol–water partition coefficient (Wildman–Crippen LogP) is 2.40. The first kappa shape index (κ1) is 10.1. The van der Waals surface area contributed by atoms with E-state index < -0.39 is 0 Å². The van der Waals surface area contributed by atoms with Crippen LogP contribution in [0.2, 0.25) is 5.15 Å². The maximum atomic E-state index is 8.39. The second-order valence-electron chi connectivity index (χ2n) is 2.84. The van der Waals surface area contributed by atoms with Gasteiger partial charge < -0.3 is 0 Å². The maximum absolute atomic E-state index is 8.39. The van der Waals surface area contributed by atoms with Crippen LogP contribution < -0.4 is 0 Å². The molecule has 4 heteroatoms. The number of nitrogens with zero attached hydrogens (tertiary/aromatic N) is 3. The van der Waals surface area contributed by atoms with Crippen LogP contribution in [0.25, 0.3) is 0 Å². The molecule has 0 spiro atoms. The van der Waals surface area contributed by atoms with Gasteiger partial charge in [0, 0.05) is 0 Å². The highest BCUT2D eigenvalue weighted by atomic mass is 35.5. The van der Waals surface area contributed by atoms with Crippen molar-refractivity contribution in [1.29, 1.82) is 5.26 Å². The van der Waals surface area contributed by atoms with Crippen molar-refractivity contribution in [2.45, 2.75) is 32.7 Å². The van der Waals surface area contributed by atoms with Gasteiger partial charge in [-0.25, -0.2) is 0 Å². The fourth-order valence-corrected chi connectivity index (χ4v) is 1.38. The molecule has 1 aromatic heterocycles. The van der Waals surface area contributed by atoms with Crippen molar-refractivity contribution < 1.29 is 0 Å². The van der Waals surface area contributed by atoms with E-state index in [9.17, 15) is 0 Å². The molecule has 0 bridgehead atoms. The fraction of sp³-hybridized carbons (Fsp3) is 0.556. The molecule has 0 aliphatic carbocycles. The largest absolute Gasteiger partial charge is 0.253 e. The number of halogens is 1. The Hall–Kier alpha value is -1.01. The fourth-order valence-electron chi connectivity index (χ4n) is 1.13. The highest BCUT2D eigenvalue weighted by Crippen LogP contribution is 2.12. The van der Waals surface area contributed by atoms with Gasteiger partial charge >= 0.3 is 0 Å². The van der Waals surface area contributed by atoms with Crippen LogP contribution in [0.4, 0.5) is 0 Å². The number of aromatic nitrogens is 2. The van der Waals surface area contributed by atoms with Crippen molar-refractivity contribution in [3.05, 3.63) is 16.9 Å². The minimum atomic E-state index is 0.451. The zero-order valence-electron chi connectivity index (χ0n) is 7.63. The molecule has 0 unspecified atom stereocenters. The summed E-state index contributed by atoms with van der Waals surface area (Å²) in [7, 11) is 0. The highest BCUT2D eigenvalue weighted by molar-refractivity contribution is 6.29. The van der Waals surface area contributed by atoms with Crippen LogP contribution in [0.3, 0.4) is 0 Å². The second-order valence-corrected chi connectivity index (χ2v) is 3.23. The Balaban J connectivity index is 2.67. The van der Waals surface area contributed by atoms with E-state index in [0.29, 0.717) is 18.1 Å². The molecule has 13 heavy (non-hydrogen) atoms. The summed E-state index contributed by atoms with van der Waals surface area (Å²) in [6, 6.07) is 3.93. The topological polar surface area (TPSA) is 41.6 Å². The van der Waals surface area contributed by atoms with Crippen LogP contribution in [-0.4, -0.2) is 9.78 Å². The van der Waals surface area contributed by atoms with Crippen molar-refractivity contribution >= 4 is 11.6 Å². The molecular weight excluding hydrogens is 186 g/mol. The minimum Gasteiger partial charge on any atom is -0.253 e. The summed E-state index contributed by atoms with van der Waals surface area (Å²) in [6.45, 7) is 2.68. The van der Waals surface area contributed by atoms with Gasteiger partial charge in [0.15, 0.2) is 0 Å². The molecule has 0 saturated heterocycles. The summed E-state index contributed by atoms with van der Waals surface area (Å²) in [6.07, 6.45) is 2.46. The Labute approximate surface area is 82.9 Å². The zero-order chi connectivity index (χ0) is 9.68. The average molecular weight is 198 g/mol. The molecule has 0 amide bonds. The van der Waals surface area contributed by atoms with E-state index in [-0.39, 0.29) is 0 Å². The van der Waals surface area contributed by atoms with Crippen molar-refractivity contribution in [2.75, 3.05) is 0 Å². The molecule has 0 aliphatic rings. The first-order chi connectivity index (χ1) is 6.27. The first-order valence-corrected chi connectivity index (χ1v) is 4.75. The SMILES string of the molecule is CCCc1cc(Cl)n(CCC#N)n1. The average Bonchev–Trinajstić information content (AvgIpc) is 2.44. The number of hydrogen-bond donors (Lipinski definition) is 0. The van der Waals surface area contributed by atoms with E-state index in [4.69, 9.17) is 16.9 Å². The zero-order valence-corrected chi connectivity index (χ0v) is 8.38. The second kappa shape index (κ2) is 4.88. The van der Waals surface area contributed by atoms with Gasteiger partial charge in [0.1, 0.15) is 5.15 Å². The maximum Gasteiger partial charge on any atom is 0.127 e. The molecule has 0 fully saturated rings. The number of hydrogen-bond acceptors (Lipinski definition) is 2. The van der Waals surface area contributed by atoms with Gasteiger partial charge in [0.2, 0.25) is 0 Å². The van der Waals surface area contributed by atoms with E-state index in [1.54, 1.807) is 4.68 Å². The van der Waals surface area contributed by atoms with Crippen LogP contribution in [0.1, 0.15) is 25.5 Å². The minimum absolute atomic E-state index is 0.451. The van der Waals surface area contributed by atoms with E-state index in [2.05, 4.69) is 18.1 Å². The summed E-state index contributed by atoms with van der Waals surface area (Å²) in [4.78, 5) is 0. The summed E-state index contributed by atoms with van der Waals surface area (Å²) >= 11 is 5.91. The van der Waals surface area contributed by atoms with Crippen molar-refractivity contribution in [3.63, 3.8) is 0 Å². The quantitative estimate of drug-likeness (QED) is 0.744. The molecule has 0 aliphatic heterocycles. The van der Waals surface area contributed by atoms with Crippen molar-refractivity contribution in [2.24, 2.45) is 0 Å². The van der Waals surface area contributed by atoms with E-state index in [1.807, 2.05) is 6.07 Å². The van der Waals surface area contributed by atoms with Gasteiger partial charge in [0.05, 0.1) is 24.7 Å². The lowest BCUT2D eigenvalue weighted by atomic mass is 10.3. The van der Waals surface area contributed by atoms with Gasteiger partial charge in [-0.1, -0.05) is 24.9 Å². The Morgan fingerprint density at radius 2 is 2.46 bits per heavy atom. The van der Waals surface area contributed by atoms with Crippen LogP contribution in [-0.2, 0) is 13.0 Å². The van der Waals surface area contributed by atoms with Crippen LogP contribution in [0.5, 0.6) is 0 Å². The Bertz CT molecular complexity index is 311. The molecule has 0 radical (unpaired) electrons. The molecule has 0 N–H and O–H groups in total. The van der Waals surface area contributed by atoms with Gasteiger partial charge in [-0.05, 0) is 12.5 Å². The van der Waals surface area contributed by atoms with E-state index in [0.717, 1.165) is 18.5 Å². The third-order valence-electron chi connectivity index (χ3n) is 1.72. The lowest BCUT2D eigenvalue weighted by molar-refractivity contribution is 0.616. The summed E-state index contributed by atoms with van der Waals surface area (Å²) in [5.74, 6) is 0. The highest BCUT2D eigenvalue weighted by Gasteiger charge is 2.03. The molecule has 70 valence electrons.